The highest BCUT2D eigenvalue weighted by Crippen LogP contribution is 2.23. The molecule has 3 heterocycles. The molecule has 3 amide bonds. The third-order valence-corrected chi connectivity index (χ3v) is 7.64. The molecule has 3 fully saturated rings. The van der Waals surface area contributed by atoms with Gasteiger partial charge in [-0.3, -0.25) is 19.3 Å². The van der Waals surface area contributed by atoms with E-state index in [1.54, 1.807) is 6.08 Å². The van der Waals surface area contributed by atoms with E-state index < -0.39 is 0 Å². The zero-order valence-corrected chi connectivity index (χ0v) is 21.3. The summed E-state index contributed by atoms with van der Waals surface area (Å²) in [7, 11) is 0. The summed E-state index contributed by atoms with van der Waals surface area (Å²) >= 11 is 0. The maximum Gasteiger partial charge on any atom is 0.246 e. The Morgan fingerprint density at radius 2 is 1.46 bits per heavy atom. The number of amides is 3. The molecule has 1 aromatic rings. The second kappa shape index (κ2) is 11.8. The summed E-state index contributed by atoms with van der Waals surface area (Å²) in [6.07, 6.45) is 6.10. The second-order valence-corrected chi connectivity index (χ2v) is 10.7. The average molecular weight is 481 g/mol. The molecule has 0 radical (unpaired) electrons. The summed E-state index contributed by atoms with van der Waals surface area (Å²) in [5.74, 6) is 1.57. The van der Waals surface area contributed by atoms with Crippen molar-refractivity contribution in [1.82, 2.24) is 19.6 Å². The van der Waals surface area contributed by atoms with Crippen LogP contribution in [0.15, 0.2) is 36.4 Å². The van der Waals surface area contributed by atoms with E-state index in [1.807, 2.05) is 51.1 Å². The molecular weight excluding hydrogens is 440 g/mol. The van der Waals surface area contributed by atoms with Crippen LogP contribution in [0.5, 0.6) is 0 Å². The van der Waals surface area contributed by atoms with Crippen LogP contribution in [0.25, 0.3) is 6.08 Å². The van der Waals surface area contributed by atoms with Gasteiger partial charge in [-0.2, -0.15) is 0 Å². The van der Waals surface area contributed by atoms with Crippen molar-refractivity contribution in [1.29, 1.82) is 0 Å². The van der Waals surface area contributed by atoms with Crippen LogP contribution in [0.3, 0.4) is 0 Å². The van der Waals surface area contributed by atoms with Crippen molar-refractivity contribution in [2.75, 3.05) is 58.9 Å². The van der Waals surface area contributed by atoms with Crippen LogP contribution < -0.4 is 0 Å². The van der Waals surface area contributed by atoms with Crippen LogP contribution >= 0.6 is 0 Å². The Bertz CT molecular complexity index is 892. The van der Waals surface area contributed by atoms with Gasteiger partial charge in [-0.05, 0) is 42.7 Å². The summed E-state index contributed by atoms with van der Waals surface area (Å²) in [6.45, 7) is 10.7. The highest BCUT2D eigenvalue weighted by Gasteiger charge is 2.32. The van der Waals surface area contributed by atoms with E-state index in [4.69, 9.17) is 0 Å². The first-order chi connectivity index (χ1) is 16.9. The Morgan fingerprint density at radius 1 is 0.829 bits per heavy atom. The first-order valence-corrected chi connectivity index (χ1v) is 13.2. The molecule has 3 aliphatic rings. The molecule has 2 atom stereocenters. The lowest BCUT2D eigenvalue weighted by atomic mass is 9.92. The minimum absolute atomic E-state index is 0.00975. The van der Waals surface area contributed by atoms with Gasteiger partial charge in [0.05, 0.1) is 6.54 Å². The van der Waals surface area contributed by atoms with Gasteiger partial charge < -0.3 is 14.7 Å². The van der Waals surface area contributed by atoms with Crippen LogP contribution in [-0.4, -0.2) is 96.2 Å². The number of carbonyl (C=O) groups excluding carboxylic acids is 3. The van der Waals surface area contributed by atoms with Crippen LogP contribution in [0.1, 0.15) is 38.7 Å². The molecule has 1 aromatic carbocycles. The van der Waals surface area contributed by atoms with Gasteiger partial charge >= 0.3 is 0 Å². The molecule has 3 aliphatic heterocycles. The van der Waals surface area contributed by atoms with E-state index in [-0.39, 0.29) is 23.6 Å². The number of nitrogens with zero attached hydrogens (tertiary/aromatic N) is 4. The van der Waals surface area contributed by atoms with Crippen LogP contribution in [0.4, 0.5) is 0 Å². The SMILES string of the molecule is CC1CC(C)CN(C(=O)CN2CCN(C(=O)C3CCN(C(=O)/C=C/c4ccccc4)CC3)CC2)C1. The fourth-order valence-electron chi connectivity index (χ4n) is 5.73. The number of piperidine rings is 2. The normalized spacial score (nSPS) is 24.7. The third-order valence-electron chi connectivity index (χ3n) is 7.64. The number of rotatable bonds is 5. The zero-order valence-electron chi connectivity index (χ0n) is 21.3. The molecule has 7 nitrogen and oxygen atoms in total. The Balaban J connectivity index is 1.18. The molecule has 4 rings (SSSR count). The van der Waals surface area contributed by atoms with E-state index in [1.165, 1.54) is 6.42 Å². The molecule has 0 spiro atoms. The van der Waals surface area contributed by atoms with Crippen LogP contribution in [0, 0.1) is 17.8 Å². The minimum atomic E-state index is -0.0124. The smallest absolute Gasteiger partial charge is 0.246 e. The Kier molecular flexibility index (Phi) is 8.60. The van der Waals surface area contributed by atoms with Crippen LogP contribution in [0.2, 0.25) is 0 Å². The Hall–Kier alpha value is -2.67. The number of piperazine rings is 1. The van der Waals surface area contributed by atoms with Crippen molar-refractivity contribution in [3.05, 3.63) is 42.0 Å². The van der Waals surface area contributed by atoms with Crippen molar-refractivity contribution in [2.45, 2.75) is 33.1 Å². The lowest BCUT2D eigenvalue weighted by molar-refractivity contribution is -0.141. The summed E-state index contributed by atoms with van der Waals surface area (Å²) < 4.78 is 0. The van der Waals surface area contributed by atoms with Crippen molar-refractivity contribution in [2.24, 2.45) is 17.8 Å². The molecule has 0 bridgehead atoms. The van der Waals surface area contributed by atoms with Crippen molar-refractivity contribution < 1.29 is 14.4 Å². The highest BCUT2D eigenvalue weighted by molar-refractivity contribution is 5.92. The van der Waals surface area contributed by atoms with E-state index in [0.29, 0.717) is 57.4 Å². The quantitative estimate of drug-likeness (QED) is 0.608. The standard InChI is InChI=1S/C28H40N4O3/c1-22-18-23(2)20-32(19-22)27(34)21-29-14-16-31(17-15-29)28(35)25-10-12-30(13-11-25)26(33)9-8-24-6-4-3-5-7-24/h3-9,22-23,25H,10-21H2,1-2H3/b9-8+. The molecule has 7 heteroatoms. The summed E-state index contributed by atoms with van der Waals surface area (Å²) in [5, 5.41) is 0. The van der Waals surface area contributed by atoms with E-state index >= 15 is 0 Å². The Labute approximate surface area is 209 Å². The first kappa shape index (κ1) is 25.4. The number of benzene rings is 1. The van der Waals surface area contributed by atoms with Crippen LogP contribution in [-0.2, 0) is 14.4 Å². The lowest BCUT2D eigenvalue weighted by Gasteiger charge is -2.40. The van der Waals surface area contributed by atoms with Gasteiger partial charge in [-0.25, -0.2) is 0 Å². The molecule has 0 N–H and O–H groups in total. The summed E-state index contributed by atoms with van der Waals surface area (Å²) in [4.78, 5) is 46.5. The monoisotopic (exact) mass is 480 g/mol. The Morgan fingerprint density at radius 3 is 2.09 bits per heavy atom. The molecule has 190 valence electrons. The maximum absolute atomic E-state index is 13.1. The predicted molar refractivity (Wildman–Crippen MR) is 137 cm³/mol. The lowest BCUT2D eigenvalue weighted by Crippen LogP contribution is -2.54. The average Bonchev–Trinajstić information content (AvgIpc) is 2.87. The molecular formula is C28H40N4O3. The fourth-order valence-corrected chi connectivity index (χ4v) is 5.73. The second-order valence-electron chi connectivity index (χ2n) is 10.7. The molecule has 0 aromatic heterocycles. The number of hydrogen-bond acceptors (Lipinski definition) is 4. The first-order valence-electron chi connectivity index (χ1n) is 13.2. The van der Waals surface area contributed by atoms with Gasteiger partial charge in [0.25, 0.3) is 0 Å². The van der Waals surface area contributed by atoms with Crippen molar-refractivity contribution in [3.63, 3.8) is 0 Å². The van der Waals surface area contributed by atoms with Crippen molar-refractivity contribution in [3.8, 4) is 0 Å². The summed E-state index contributed by atoms with van der Waals surface area (Å²) in [5.41, 5.74) is 1.01. The number of hydrogen-bond donors (Lipinski definition) is 0. The van der Waals surface area contributed by atoms with Crippen molar-refractivity contribution >= 4 is 23.8 Å². The maximum atomic E-state index is 13.1. The van der Waals surface area contributed by atoms with Gasteiger partial charge in [-0.15, -0.1) is 0 Å². The van der Waals surface area contributed by atoms with Gasteiger partial charge in [0, 0.05) is 64.4 Å². The molecule has 0 aliphatic carbocycles. The third kappa shape index (κ3) is 6.94. The molecule has 2 unspecified atom stereocenters. The molecule has 0 saturated carbocycles. The minimum Gasteiger partial charge on any atom is -0.341 e. The predicted octanol–water partition coefficient (Wildman–Crippen LogP) is 2.59. The zero-order chi connectivity index (χ0) is 24.8. The topological polar surface area (TPSA) is 64.2 Å². The van der Waals surface area contributed by atoms with Gasteiger partial charge in [-0.1, -0.05) is 44.2 Å². The molecule has 35 heavy (non-hydrogen) atoms. The summed E-state index contributed by atoms with van der Waals surface area (Å²) in [6, 6.07) is 9.80. The van der Waals surface area contributed by atoms with E-state index in [2.05, 4.69) is 18.7 Å². The van der Waals surface area contributed by atoms with E-state index in [0.717, 1.165) is 31.7 Å². The van der Waals surface area contributed by atoms with E-state index in [9.17, 15) is 14.4 Å². The van der Waals surface area contributed by atoms with Gasteiger partial charge in [0.1, 0.15) is 0 Å². The number of carbonyl (C=O) groups is 3. The number of likely N-dealkylation sites (tertiary alicyclic amines) is 2. The van der Waals surface area contributed by atoms with Gasteiger partial charge in [0.2, 0.25) is 17.7 Å². The highest BCUT2D eigenvalue weighted by atomic mass is 16.2. The van der Waals surface area contributed by atoms with Gasteiger partial charge in [0.15, 0.2) is 0 Å². The molecule has 3 saturated heterocycles. The fraction of sp³-hybridized carbons (Fsp3) is 0.607. The largest absolute Gasteiger partial charge is 0.341 e.